The first-order valence-corrected chi connectivity index (χ1v) is 9.05. The topological polar surface area (TPSA) is 67.4 Å². The van der Waals surface area contributed by atoms with Gasteiger partial charge in [0.2, 0.25) is 5.82 Å². The predicted molar refractivity (Wildman–Crippen MR) is 102 cm³/mol. The van der Waals surface area contributed by atoms with E-state index in [-0.39, 0.29) is 17.8 Å². The zero-order valence-corrected chi connectivity index (χ0v) is 15.8. The third kappa shape index (κ3) is 3.38. The number of amides is 1. The van der Waals surface area contributed by atoms with E-state index in [1.165, 1.54) is 0 Å². The maximum absolute atomic E-state index is 13.0. The zero-order valence-electron chi connectivity index (χ0n) is 15.8. The molecule has 1 atom stereocenters. The molecular weight excluding hydrogens is 342 g/mol. The number of likely N-dealkylation sites (N-methyl/N-ethyl adjacent to an activating group) is 2. The average Bonchev–Trinajstić information content (AvgIpc) is 3.41. The van der Waals surface area contributed by atoms with Crippen LogP contribution in [0.5, 0.6) is 0 Å². The van der Waals surface area contributed by atoms with Gasteiger partial charge >= 0.3 is 0 Å². The van der Waals surface area contributed by atoms with Crippen molar-refractivity contribution in [2.24, 2.45) is 0 Å². The molecule has 0 spiro atoms. The molecule has 1 aliphatic heterocycles. The van der Waals surface area contributed by atoms with Gasteiger partial charge < -0.3 is 14.2 Å². The van der Waals surface area contributed by atoms with Gasteiger partial charge in [-0.3, -0.25) is 4.79 Å². The summed E-state index contributed by atoms with van der Waals surface area (Å²) in [4.78, 5) is 21.5. The van der Waals surface area contributed by atoms with Gasteiger partial charge in [-0.2, -0.15) is 0 Å². The van der Waals surface area contributed by atoms with Crippen LogP contribution in [-0.4, -0.2) is 63.7 Å². The number of aromatic nitrogens is 3. The first-order valence-electron chi connectivity index (χ1n) is 9.05. The van der Waals surface area contributed by atoms with Gasteiger partial charge in [0.25, 0.3) is 5.91 Å². The molecule has 1 aliphatic rings. The van der Waals surface area contributed by atoms with Crippen molar-refractivity contribution >= 4 is 5.91 Å². The number of benzene rings is 1. The Morgan fingerprint density at radius 1 is 1.26 bits per heavy atom. The molecule has 3 aromatic rings. The van der Waals surface area contributed by atoms with E-state index < -0.39 is 0 Å². The van der Waals surface area contributed by atoms with Crippen molar-refractivity contribution in [3.8, 4) is 17.1 Å². The highest BCUT2D eigenvalue weighted by Gasteiger charge is 2.30. The molecule has 7 heteroatoms. The third-order valence-corrected chi connectivity index (χ3v) is 5.09. The first kappa shape index (κ1) is 17.5. The predicted octanol–water partition coefficient (Wildman–Crippen LogP) is 2.61. The van der Waals surface area contributed by atoms with Crippen molar-refractivity contribution in [1.82, 2.24) is 24.6 Å². The second kappa shape index (κ2) is 7.00. The molecular formula is C20H23N5O2. The van der Waals surface area contributed by atoms with E-state index in [0.29, 0.717) is 5.82 Å². The minimum absolute atomic E-state index is 0.161. The highest BCUT2D eigenvalue weighted by molar-refractivity contribution is 5.91. The first-order chi connectivity index (χ1) is 13.0. The normalized spacial score (nSPS) is 17.4. The van der Waals surface area contributed by atoms with Gasteiger partial charge in [-0.25, -0.2) is 9.67 Å². The number of hydrogen-bond donors (Lipinski definition) is 0. The maximum Gasteiger partial charge on any atom is 0.293 e. The van der Waals surface area contributed by atoms with E-state index in [4.69, 9.17) is 4.42 Å². The van der Waals surface area contributed by atoms with Crippen LogP contribution < -0.4 is 0 Å². The van der Waals surface area contributed by atoms with Crippen molar-refractivity contribution in [1.29, 1.82) is 0 Å². The molecule has 0 bridgehead atoms. The SMILES string of the molecule is Cc1ccc(-n2nc(C(=O)N(C)C3CCN(C)C3)nc2-c2ccoc2)cc1. The maximum atomic E-state index is 13.0. The Labute approximate surface area is 158 Å². The summed E-state index contributed by atoms with van der Waals surface area (Å²) in [7, 11) is 3.90. The van der Waals surface area contributed by atoms with Crippen molar-refractivity contribution in [3.05, 3.63) is 54.2 Å². The van der Waals surface area contributed by atoms with Crippen LogP contribution in [0.3, 0.4) is 0 Å². The number of hydrogen-bond acceptors (Lipinski definition) is 5. The van der Waals surface area contributed by atoms with Crippen LogP contribution in [-0.2, 0) is 0 Å². The lowest BCUT2D eigenvalue weighted by Crippen LogP contribution is -2.39. The Balaban J connectivity index is 1.71. The summed E-state index contributed by atoms with van der Waals surface area (Å²) >= 11 is 0. The number of likely N-dealkylation sites (tertiary alicyclic amines) is 1. The van der Waals surface area contributed by atoms with Crippen LogP contribution in [0.25, 0.3) is 17.1 Å². The van der Waals surface area contributed by atoms with Gasteiger partial charge in [0.15, 0.2) is 5.82 Å². The van der Waals surface area contributed by atoms with E-state index >= 15 is 0 Å². The Kier molecular flexibility index (Phi) is 4.53. The summed E-state index contributed by atoms with van der Waals surface area (Å²) in [5, 5.41) is 4.54. The van der Waals surface area contributed by atoms with Crippen molar-refractivity contribution in [3.63, 3.8) is 0 Å². The molecule has 1 aromatic carbocycles. The number of carbonyl (C=O) groups is 1. The zero-order chi connectivity index (χ0) is 19.0. The minimum atomic E-state index is -0.161. The molecule has 0 saturated carbocycles. The molecule has 0 radical (unpaired) electrons. The van der Waals surface area contributed by atoms with Gasteiger partial charge in [0.1, 0.15) is 6.26 Å². The lowest BCUT2D eigenvalue weighted by Gasteiger charge is -2.22. The Morgan fingerprint density at radius 3 is 2.67 bits per heavy atom. The minimum Gasteiger partial charge on any atom is -0.472 e. The molecule has 27 heavy (non-hydrogen) atoms. The molecule has 3 heterocycles. The molecule has 7 nitrogen and oxygen atoms in total. The van der Waals surface area contributed by atoms with E-state index in [0.717, 1.165) is 36.3 Å². The molecule has 0 N–H and O–H groups in total. The smallest absolute Gasteiger partial charge is 0.293 e. The lowest BCUT2D eigenvalue weighted by atomic mass is 10.2. The summed E-state index contributed by atoms with van der Waals surface area (Å²) in [6, 6.07) is 9.97. The fraction of sp³-hybridized carbons (Fsp3) is 0.350. The van der Waals surface area contributed by atoms with Gasteiger partial charge in [-0.05, 0) is 45.1 Å². The van der Waals surface area contributed by atoms with E-state index in [2.05, 4.69) is 22.0 Å². The van der Waals surface area contributed by atoms with Crippen LogP contribution in [0.15, 0.2) is 47.3 Å². The average molecular weight is 365 g/mol. The quantitative estimate of drug-likeness (QED) is 0.711. The van der Waals surface area contributed by atoms with Crippen LogP contribution >= 0.6 is 0 Å². The van der Waals surface area contributed by atoms with E-state index in [1.54, 1.807) is 22.1 Å². The van der Waals surface area contributed by atoms with Crippen LogP contribution in [0, 0.1) is 6.92 Å². The van der Waals surface area contributed by atoms with E-state index in [1.807, 2.05) is 44.3 Å². The number of rotatable bonds is 4. The second-order valence-corrected chi connectivity index (χ2v) is 7.14. The monoisotopic (exact) mass is 365 g/mol. The molecule has 1 unspecified atom stereocenters. The van der Waals surface area contributed by atoms with Gasteiger partial charge in [0.05, 0.1) is 17.5 Å². The molecule has 2 aromatic heterocycles. The van der Waals surface area contributed by atoms with Gasteiger partial charge in [0, 0.05) is 19.6 Å². The number of carbonyl (C=O) groups excluding carboxylic acids is 1. The summed E-state index contributed by atoms with van der Waals surface area (Å²) in [6.45, 7) is 3.90. The number of nitrogens with zero attached hydrogens (tertiary/aromatic N) is 5. The van der Waals surface area contributed by atoms with Crippen molar-refractivity contribution < 1.29 is 9.21 Å². The highest BCUT2D eigenvalue weighted by Crippen LogP contribution is 2.23. The second-order valence-electron chi connectivity index (χ2n) is 7.14. The standard InChI is InChI=1S/C20H23N5O2/c1-14-4-6-16(7-5-14)25-19(15-9-11-27-13-15)21-18(22-25)20(26)24(3)17-8-10-23(2)12-17/h4-7,9,11,13,17H,8,10,12H2,1-3H3. The summed E-state index contributed by atoms with van der Waals surface area (Å²) in [5.74, 6) is 0.627. The summed E-state index contributed by atoms with van der Waals surface area (Å²) in [5.41, 5.74) is 2.79. The molecule has 1 fully saturated rings. The van der Waals surface area contributed by atoms with Crippen LogP contribution in [0.2, 0.25) is 0 Å². The summed E-state index contributed by atoms with van der Waals surface area (Å²) < 4.78 is 6.91. The Hall–Kier alpha value is -2.93. The van der Waals surface area contributed by atoms with Crippen molar-refractivity contribution in [2.45, 2.75) is 19.4 Å². The van der Waals surface area contributed by atoms with Crippen molar-refractivity contribution in [2.75, 3.05) is 27.2 Å². The molecule has 1 amide bonds. The largest absolute Gasteiger partial charge is 0.472 e. The molecule has 4 rings (SSSR count). The van der Waals surface area contributed by atoms with Crippen LogP contribution in [0.1, 0.15) is 22.6 Å². The van der Waals surface area contributed by atoms with Crippen LogP contribution in [0.4, 0.5) is 0 Å². The Morgan fingerprint density at radius 2 is 2.04 bits per heavy atom. The van der Waals surface area contributed by atoms with Gasteiger partial charge in [-0.15, -0.1) is 5.10 Å². The Bertz CT molecular complexity index is 930. The highest BCUT2D eigenvalue weighted by atomic mass is 16.3. The van der Waals surface area contributed by atoms with E-state index in [9.17, 15) is 4.79 Å². The fourth-order valence-corrected chi connectivity index (χ4v) is 3.40. The summed E-state index contributed by atoms with van der Waals surface area (Å²) in [6.07, 6.45) is 4.16. The third-order valence-electron chi connectivity index (χ3n) is 5.09. The molecule has 1 saturated heterocycles. The number of furan rings is 1. The lowest BCUT2D eigenvalue weighted by molar-refractivity contribution is 0.0725. The fourth-order valence-electron chi connectivity index (χ4n) is 3.40. The van der Waals surface area contributed by atoms with Gasteiger partial charge in [-0.1, -0.05) is 17.7 Å². The molecule has 0 aliphatic carbocycles. The number of aryl methyl sites for hydroxylation is 1. The molecule has 140 valence electrons.